The fourth-order valence-electron chi connectivity index (χ4n) is 1.78. The average molecular weight is 264 g/mol. The van der Waals surface area contributed by atoms with Gasteiger partial charge in [-0.25, -0.2) is 4.98 Å². The van der Waals surface area contributed by atoms with Gasteiger partial charge in [0.2, 0.25) is 5.78 Å². The molecule has 2 N–H and O–H groups in total. The van der Waals surface area contributed by atoms with Gasteiger partial charge in [-0.1, -0.05) is 18.5 Å². The first-order valence-corrected chi connectivity index (χ1v) is 6.12. The molecule has 2 rings (SSSR count). The van der Waals surface area contributed by atoms with Crippen molar-refractivity contribution in [3.63, 3.8) is 0 Å². The molecule has 2 aromatic rings. The fourth-order valence-corrected chi connectivity index (χ4v) is 1.98. The predicted octanol–water partition coefficient (Wildman–Crippen LogP) is 2.76. The van der Waals surface area contributed by atoms with Crippen LogP contribution in [0.1, 0.15) is 29.5 Å². The van der Waals surface area contributed by atoms with Gasteiger partial charge in [-0.15, -0.1) is 0 Å². The van der Waals surface area contributed by atoms with Gasteiger partial charge in [0.1, 0.15) is 0 Å². The number of nitrogens with two attached hydrogens (primary N) is 1. The van der Waals surface area contributed by atoms with Crippen molar-refractivity contribution in [3.8, 4) is 0 Å². The van der Waals surface area contributed by atoms with Gasteiger partial charge in [-0.05, 0) is 24.6 Å². The lowest BCUT2D eigenvalue weighted by Gasteiger charge is -2.07. The zero-order chi connectivity index (χ0) is 13.1. The van der Waals surface area contributed by atoms with Crippen LogP contribution < -0.4 is 5.73 Å². The molecule has 1 aromatic carbocycles. The molecule has 0 spiro atoms. The van der Waals surface area contributed by atoms with E-state index in [0.29, 0.717) is 22.1 Å². The van der Waals surface area contributed by atoms with Crippen LogP contribution in [0.2, 0.25) is 5.02 Å². The second kappa shape index (κ2) is 5.23. The summed E-state index contributed by atoms with van der Waals surface area (Å²) in [7, 11) is 0. The first-order valence-electron chi connectivity index (χ1n) is 5.74. The first kappa shape index (κ1) is 12.6. The quantitative estimate of drug-likeness (QED) is 0.682. The SMILES string of the molecule is CCCn1ccnc1C(=O)c1cc(N)ccc1Cl. The maximum absolute atomic E-state index is 12.4. The van der Waals surface area contributed by atoms with Crippen LogP contribution in [0.4, 0.5) is 5.69 Å². The number of nitrogens with zero attached hydrogens (tertiary/aromatic N) is 2. The van der Waals surface area contributed by atoms with E-state index in [1.54, 1.807) is 30.6 Å². The van der Waals surface area contributed by atoms with E-state index >= 15 is 0 Å². The highest BCUT2D eigenvalue weighted by atomic mass is 35.5. The van der Waals surface area contributed by atoms with E-state index in [0.717, 1.165) is 13.0 Å². The molecule has 0 radical (unpaired) electrons. The van der Waals surface area contributed by atoms with Gasteiger partial charge in [0.15, 0.2) is 5.82 Å². The molecule has 5 heteroatoms. The molecule has 1 heterocycles. The summed E-state index contributed by atoms with van der Waals surface area (Å²) in [5, 5.41) is 0.389. The Labute approximate surface area is 110 Å². The number of carbonyl (C=O) groups excluding carboxylic acids is 1. The van der Waals surface area contributed by atoms with Crippen LogP contribution in [-0.2, 0) is 6.54 Å². The smallest absolute Gasteiger partial charge is 0.230 e. The molecule has 4 nitrogen and oxygen atoms in total. The second-order valence-electron chi connectivity index (χ2n) is 4.01. The first-order chi connectivity index (χ1) is 8.63. The number of hydrogen-bond acceptors (Lipinski definition) is 3. The van der Waals surface area contributed by atoms with Crippen LogP contribution in [0, 0.1) is 0 Å². The Balaban J connectivity index is 2.41. The molecule has 18 heavy (non-hydrogen) atoms. The van der Waals surface area contributed by atoms with E-state index in [1.165, 1.54) is 0 Å². The molecule has 1 aromatic heterocycles. The van der Waals surface area contributed by atoms with Crippen LogP contribution in [0.5, 0.6) is 0 Å². The van der Waals surface area contributed by atoms with Crippen LogP contribution in [0.25, 0.3) is 0 Å². The topological polar surface area (TPSA) is 60.9 Å². The van der Waals surface area contributed by atoms with Crippen molar-refractivity contribution in [2.75, 3.05) is 5.73 Å². The lowest BCUT2D eigenvalue weighted by atomic mass is 10.1. The van der Waals surface area contributed by atoms with Crippen LogP contribution in [0.3, 0.4) is 0 Å². The highest BCUT2D eigenvalue weighted by Gasteiger charge is 2.17. The maximum Gasteiger partial charge on any atom is 0.230 e. The van der Waals surface area contributed by atoms with Gasteiger partial charge in [-0.3, -0.25) is 4.79 Å². The third kappa shape index (κ3) is 2.38. The minimum absolute atomic E-state index is 0.203. The summed E-state index contributed by atoms with van der Waals surface area (Å²) >= 11 is 6.02. The predicted molar refractivity (Wildman–Crippen MR) is 71.8 cm³/mol. The maximum atomic E-state index is 12.4. The summed E-state index contributed by atoms with van der Waals surface area (Å²) in [5.74, 6) is 0.190. The van der Waals surface area contributed by atoms with Gasteiger partial charge in [0.05, 0.1) is 5.02 Å². The van der Waals surface area contributed by atoms with Crippen molar-refractivity contribution < 1.29 is 4.79 Å². The van der Waals surface area contributed by atoms with Gasteiger partial charge < -0.3 is 10.3 Å². The van der Waals surface area contributed by atoms with Crippen LogP contribution >= 0.6 is 11.6 Å². The number of carbonyl (C=O) groups is 1. The van der Waals surface area contributed by atoms with Crippen molar-refractivity contribution in [1.29, 1.82) is 0 Å². The summed E-state index contributed by atoms with van der Waals surface area (Å²) in [6, 6.07) is 4.87. The van der Waals surface area contributed by atoms with Crippen molar-refractivity contribution in [2.45, 2.75) is 19.9 Å². The van der Waals surface area contributed by atoms with Crippen molar-refractivity contribution >= 4 is 23.1 Å². The molecule has 94 valence electrons. The standard InChI is InChI=1S/C13H14ClN3O/c1-2-6-17-7-5-16-13(17)12(18)10-8-9(15)3-4-11(10)14/h3-5,7-8H,2,6,15H2,1H3. The fraction of sp³-hybridized carbons (Fsp3) is 0.231. The van der Waals surface area contributed by atoms with E-state index in [4.69, 9.17) is 17.3 Å². The monoisotopic (exact) mass is 263 g/mol. The highest BCUT2D eigenvalue weighted by molar-refractivity contribution is 6.34. The van der Waals surface area contributed by atoms with E-state index in [1.807, 2.05) is 11.5 Å². The minimum Gasteiger partial charge on any atom is -0.399 e. The molecule has 0 aliphatic rings. The molecule has 0 saturated carbocycles. The van der Waals surface area contributed by atoms with Gasteiger partial charge in [-0.2, -0.15) is 0 Å². The zero-order valence-corrected chi connectivity index (χ0v) is 10.8. The number of anilines is 1. The number of aryl methyl sites for hydroxylation is 1. The molecule has 0 aliphatic carbocycles. The average Bonchev–Trinajstić information content (AvgIpc) is 2.80. The molecular formula is C13H14ClN3O. The Kier molecular flexibility index (Phi) is 3.67. The van der Waals surface area contributed by atoms with Crippen LogP contribution in [0.15, 0.2) is 30.6 Å². The Morgan fingerprint density at radius 3 is 3.00 bits per heavy atom. The molecule has 0 atom stereocenters. The summed E-state index contributed by atoms with van der Waals surface area (Å²) in [6.45, 7) is 2.79. The molecule has 0 bridgehead atoms. The van der Waals surface area contributed by atoms with Gasteiger partial charge in [0.25, 0.3) is 0 Å². The molecule has 0 saturated heterocycles. The number of ketones is 1. The van der Waals surface area contributed by atoms with Gasteiger partial charge in [0, 0.05) is 30.2 Å². The third-order valence-electron chi connectivity index (χ3n) is 2.62. The number of halogens is 1. The lowest BCUT2D eigenvalue weighted by Crippen LogP contribution is -2.12. The normalized spacial score (nSPS) is 10.6. The number of rotatable bonds is 4. The Bertz CT molecular complexity index is 577. The summed E-state index contributed by atoms with van der Waals surface area (Å²) in [5.41, 5.74) is 6.58. The highest BCUT2D eigenvalue weighted by Crippen LogP contribution is 2.21. The van der Waals surface area contributed by atoms with E-state index < -0.39 is 0 Å². The Morgan fingerprint density at radius 1 is 1.50 bits per heavy atom. The summed E-state index contributed by atoms with van der Waals surface area (Å²) in [6.07, 6.45) is 4.33. The van der Waals surface area contributed by atoms with Gasteiger partial charge >= 0.3 is 0 Å². The number of aromatic nitrogens is 2. The molecule has 0 unspecified atom stereocenters. The third-order valence-corrected chi connectivity index (χ3v) is 2.95. The molecular weight excluding hydrogens is 250 g/mol. The van der Waals surface area contributed by atoms with E-state index in [-0.39, 0.29) is 5.78 Å². The molecule has 0 aliphatic heterocycles. The number of benzene rings is 1. The largest absolute Gasteiger partial charge is 0.399 e. The van der Waals surface area contributed by atoms with Crippen molar-refractivity contribution in [3.05, 3.63) is 47.0 Å². The summed E-state index contributed by atoms with van der Waals surface area (Å²) in [4.78, 5) is 16.4. The Morgan fingerprint density at radius 2 is 2.28 bits per heavy atom. The van der Waals surface area contributed by atoms with Crippen LogP contribution in [-0.4, -0.2) is 15.3 Å². The number of nitrogen functional groups attached to an aromatic ring is 1. The number of hydrogen-bond donors (Lipinski definition) is 1. The number of imidazole rings is 1. The van der Waals surface area contributed by atoms with Crippen molar-refractivity contribution in [2.24, 2.45) is 0 Å². The molecule has 0 amide bonds. The molecule has 0 fully saturated rings. The zero-order valence-electron chi connectivity index (χ0n) is 10.1. The van der Waals surface area contributed by atoms with E-state index in [9.17, 15) is 4.79 Å². The van der Waals surface area contributed by atoms with E-state index in [2.05, 4.69) is 4.98 Å². The lowest BCUT2D eigenvalue weighted by molar-refractivity contribution is 0.102. The summed E-state index contributed by atoms with van der Waals surface area (Å²) < 4.78 is 1.82. The second-order valence-corrected chi connectivity index (χ2v) is 4.42. The Hall–Kier alpha value is -1.81. The minimum atomic E-state index is -0.203. The van der Waals surface area contributed by atoms with Crippen molar-refractivity contribution in [1.82, 2.24) is 9.55 Å².